The number of hydrogen-bond acceptors (Lipinski definition) is 3. The highest BCUT2D eigenvalue weighted by atomic mass is 79.9. The maximum atomic E-state index is 14.7. The average molecular weight is 320 g/mol. The summed E-state index contributed by atoms with van der Waals surface area (Å²) in [5.41, 5.74) is -3.30. The van der Waals surface area contributed by atoms with Gasteiger partial charge in [-0.3, -0.25) is 9.78 Å². The van der Waals surface area contributed by atoms with E-state index in [1.54, 1.807) is 0 Å². The van der Waals surface area contributed by atoms with Crippen molar-refractivity contribution >= 4 is 27.9 Å². The van der Waals surface area contributed by atoms with Crippen LogP contribution in [0.25, 0.3) is 0 Å². The van der Waals surface area contributed by atoms with Crippen LogP contribution in [0.4, 0.5) is 4.39 Å². The Balaban J connectivity index is 3.40. The van der Waals surface area contributed by atoms with Gasteiger partial charge < -0.3 is 10.2 Å². The molecule has 2 N–H and O–H groups in total. The molecule has 0 bridgehead atoms. The third-order valence-corrected chi connectivity index (χ3v) is 3.06. The van der Waals surface area contributed by atoms with Crippen LogP contribution >= 0.6 is 15.9 Å². The predicted octanol–water partition coefficient (Wildman–Crippen LogP) is 2.20. The van der Waals surface area contributed by atoms with Gasteiger partial charge in [0.15, 0.2) is 0 Å². The molecule has 0 aromatic carbocycles. The Morgan fingerprint density at radius 2 is 2.11 bits per heavy atom. The maximum absolute atomic E-state index is 14.7. The molecule has 0 saturated carbocycles. The second kappa shape index (κ2) is 5.43. The average Bonchev–Trinajstić information content (AvgIpc) is 2.28. The summed E-state index contributed by atoms with van der Waals surface area (Å²) >= 11 is 3.04. The van der Waals surface area contributed by atoms with Crippen molar-refractivity contribution < 1.29 is 24.2 Å². The van der Waals surface area contributed by atoms with Crippen LogP contribution in [0, 0.1) is 5.92 Å². The van der Waals surface area contributed by atoms with Crippen molar-refractivity contribution in [3.05, 3.63) is 28.5 Å². The van der Waals surface area contributed by atoms with Crippen LogP contribution in [0.1, 0.15) is 18.9 Å². The fraction of sp³-hybridized carbons (Fsp3) is 0.364. The standard InChI is InChI=1S/C11H11BrFNO4/c1-2-8(9(15)16)11(13,10(17)18)6-3-7(12)5-14-4-6/h3-5,8H,2H2,1H3,(H,15,16)(H,17,18). The molecule has 0 spiro atoms. The van der Waals surface area contributed by atoms with Crippen LogP contribution in [0.3, 0.4) is 0 Å². The Kier molecular flexibility index (Phi) is 4.39. The third kappa shape index (κ3) is 2.50. The molecule has 0 saturated heterocycles. The minimum atomic E-state index is -3.00. The molecular weight excluding hydrogens is 309 g/mol. The zero-order chi connectivity index (χ0) is 13.9. The smallest absolute Gasteiger partial charge is 0.347 e. The Labute approximate surface area is 111 Å². The number of hydrogen-bond donors (Lipinski definition) is 2. The van der Waals surface area contributed by atoms with Crippen molar-refractivity contribution in [1.29, 1.82) is 0 Å². The summed E-state index contributed by atoms with van der Waals surface area (Å²) < 4.78 is 15.1. The molecule has 2 atom stereocenters. The van der Waals surface area contributed by atoms with Crippen LogP contribution in [0.15, 0.2) is 22.9 Å². The summed E-state index contributed by atoms with van der Waals surface area (Å²) in [6.07, 6.45) is 2.22. The monoisotopic (exact) mass is 319 g/mol. The highest BCUT2D eigenvalue weighted by Crippen LogP contribution is 2.37. The topological polar surface area (TPSA) is 87.5 Å². The Morgan fingerprint density at radius 1 is 1.50 bits per heavy atom. The number of alkyl halides is 1. The van der Waals surface area contributed by atoms with E-state index in [-0.39, 0.29) is 12.0 Å². The lowest BCUT2D eigenvalue weighted by Crippen LogP contribution is -2.42. The number of nitrogens with zero attached hydrogens (tertiary/aromatic N) is 1. The molecule has 0 aliphatic heterocycles. The molecule has 98 valence electrons. The van der Waals surface area contributed by atoms with E-state index in [4.69, 9.17) is 10.2 Å². The van der Waals surface area contributed by atoms with Gasteiger partial charge in [0.2, 0.25) is 5.67 Å². The summed E-state index contributed by atoms with van der Waals surface area (Å²) in [6, 6.07) is 1.21. The van der Waals surface area contributed by atoms with Gasteiger partial charge in [-0.2, -0.15) is 0 Å². The molecule has 0 radical (unpaired) electrons. The van der Waals surface area contributed by atoms with Crippen LogP contribution < -0.4 is 0 Å². The number of aromatic nitrogens is 1. The molecule has 5 nitrogen and oxygen atoms in total. The molecule has 18 heavy (non-hydrogen) atoms. The fourth-order valence-corrected chi connectivity index (χ4v) is 2.08. The number of carbonyl (C=O) groups is 2. The van der Waals surface area contributed by atoms with Crippen molar-refractivity contribution in [2.75, 3.05) is 0 Å². The number of rotatable bonds is 5. The normalized spacial score (nSPS) is 15.7. The summed E-state index contributed by atoms with van der Waals surface area (Å²) in [5, 5.41) is 18.0. The summed E-state index contributed by atoms with van der Waals surface area (Å²) in [6.45, 7) is 1.42. The second-order valence-corrected chi connectivity index (χ2v) is 4.62. The molecule has 0 fully saturated rings. The van der Waals surface area contributed by atoms with Gasteiger partial charge in [-0.05, 0) is 28.4 Å². The molecule has 1 heterocycles. The van der Waals surface area contributed by atoms with Gasteiger partial charge in [-0.1, -0.05) is 6.92 Å². The predicted molar refractivity (Wildman–Crippen MR) is 63.8 cm³/mol. The lowest BCUT2D eigenvalue weighted by molar-refractivity contribution is -0.166. The number of halogens is 2. The fourth-order valence-electron chi connectivity index (χ4n) is 1.71. The first kappa shape index (κ1) is 14.6. The second-order valence-electron chi connectivity index (χ2n) is 3.71. The zero-order valence-electron chi connectivity index (χ0n) is 9.43. The van der Waals surface area contributed by atoms with E-state index in [0.29, 0.717) is 4.47 Å². The molecular formula is C11H11BrFNO4. The molecule has 1 rings (SSSR count). The van der Waals surface area contributed by atoms with Gasteiger partial charge >= 0.3 is 11.9 Å². The maximum Gasteiger partial charge on any atom is 0.347 e. The summed E-state index contributed by atoms with van der Waals surface area (Å²) in [4.78, 5) is 25.8. The number of pyridine rings is 1. The van der Waals surface area contributed by atoms with Gasteiger partial charge in [0.25, 0.3) is 0 Å². The minimum Gasteiger partial charge on any atom is -0.481 e. The lowest BCUT2D eigenvalue weighted by atomic mass is 9.82. The largest absolute Gasteiger partial charge is 0.481 e. The Bertz CT molecular complexity index is 482. The van der Waals surface area contributed by atoms with Crippen LogP contribution in [0.5, 0.6) is 0 Å². The molecule has 2 unspecified atom stereocenters. The zero-order valence-corrected chi connectivity index (χ0v) is 11.0. The van der Waals surface area contributed by atoms with E-state index in [0.717, 1.165) is 6.20 Å². The van der Waals surface area contributed by atoms with Crippen LogP contribution in [0.2, 0.25) is 0 Å². The summed E-state index contributed by atoms with van der Waals surface area (Å²) in [7, 11) is 0. The van der Waals surface area contributed by atoms with Crippen LogP contribution in [-0.4, -0.2) is 27.1 Å². The molecule has 0 amide bonds. The van der Waals surface area contributed by atoms with Gasteiger partial charge in [0.1, 0.15) is 5.92 Å². The van der Waals surface area contributed by atoms with Crippen LogP contribution in [-0.2, 0) is 15.3 Å². The molecule has 0 aliphatic rings. The van der Waals surface area contributed by atoms with Gasteiger partial charge in [-0.25, -0.2) is 9.18 Å². The SMILES string of the molecule is CCC(C(=O)O)C(F)(C(=O)O)c1cncc(Br)c1. The van der Waals surface area contributed by atoms with E-state index in [1.807, 2.05) is 0 Å². The third-order valence-electron chi connectivity index (χ3n) is 2.62. The quantitative estimate of drug-likeness (QED) is 0.868. The van der Waals surface area contributed by atoms with E-state index >= 15 is 0 Å². The van der Waals surface area contributed by atoms with Crippen molar-refractivity contribution in [3.8, 4) is 0 Å². The highest BCUT2D eigenvalue weighted by molar-refractivity contribution is 9.10. The molecule has 7 heteroatoms. The van der Waals surface area contributed by atoms with E-state index in [2.05, 4.69) is 20.9 Å². The lowest BCUT2D eigenvalue weighted by Gasteiger charge is -2.26. The minimum absolute atomic E-state index is 0.148. The Hall–Kier alpha value is -1.50. The first-order chi connectivity index (χ1) is 8.33. The van der Waals surface area contributed by atoms with E-state index < -0.39 is 23.5 Å². The van der Waals surface area contributed by atoms with E-state index in [1.165, 1.54) is 19.2 Å². The number of aliphatic carboxylic acids is 2. The highest BCUT2D eigenvalue weighted by Gasteiger charge is 2.51. The Morgan fingerprint density at radius 3 is 2.50 bits per heavy atom. The van der Waals surface area contributed by atoms with Crippen molar-refractivity contribution in [3.63, 3.8) is 0 Å². The molecule has 1 aromatic rings. The molecule has 1 aromatic heterocycles. The van der Waals surface area contributed by atoms with Crippen molar-refractivity contribution in [1.82, 2.24) is 4.98 Å². The number of carboxylic acids is 2. The number of carboxylic acid groups (broad SMARTS) is 2. The van der Waals surface area contributed by atoms with Gasteiger partial charge in [0.05, 0.1) is 0 Å². The van der Waals surface area contributed by atoms with Gasteiger partial charge in [-0.15, -0.1) is 0 Å². The first-order valence-electron chi connectivity index (χ1n) is 5.10. The van der Waals surface area contributed by atoms with Crippen molar-refractivity contribution in [2.24, 2.45) is 5.92 Å². The summed E-state index contributed by atoms with van der Waals surface area (Å²) in [5.74, 6) is -5.01. The first-order valence-corrected chi connectivity index (χ1v) is 5.89. The molecule has 0 aliphatic carbocycles. The van der Waals surface area contributed by atoms with Crippen molar-refractivity contribution in [2.45, 2.75) is 19.0 Å². The van der Waals surface area contributed by atoms with E-state index in [9.17, 15) is 14.0 Å². The van der Waals surface area contributed by atoms with Gasteiger partial charge in [0, 0.05) is 22.4 Å².